The van der Waals surface area contributed by atoms with Crippen LogP contribution in [0.3, 0.4) is 0 Å². The van der Waals surface area contributed by atoms with Crippen molar-refractivity contribution < 1.29 is 27.9 Å². The molecule has 2 amide bonds. The lowest BCUT2D eigenvalue weighted by atomic mass is 9.98. The van der Waals surface area contributed by atoms with E-state index in [0.29, 0.717) is 70.4 Å². The molecule has 0 aliphatic rings. The van der Waals surface area contributed by atoms with Crippen molar-refractivity contribution in [3.05, 3.63) is 77.6 Å². The van der Waals surface area contributed by atoms with Crippen LogP contribution in [0, 0.1) is 11.7 Å². The number of nitrogens with one attached hydrogen (secondary N) is 2. The van der Waals surface area contributed by atoms with E-state index in [9.17, 15) is 14.0 Å². The molecular formula is C30H31FN2O5. The molecule has 0 aliphatic carbocycles. The number of fused-ring (bicyclic) bond motifs is 1. The highest BCUT2D eigenvalue weighted by Gasteiger charge is 2.23. The Morgan fingerprint density at radius 3 is 2.37 bits per heavy atom. The van der Waals surface area contributed by atoms with E-state index in [1.807, 2.05) is 26.0 Å². The van der Waals surface area contributed by atoms with Crippen molar-refractivity contribution >= 4 is 22.8 Å². The number of halogens is 1. The molecule has 1 aromatic heterocycles. The van der Waals surface area contributed by atoms with Crippen molar-refractivity contribution in [3.8, 4) is 28.2 Å². The molecule has 0 bridgehead atoms. The fraction of sp³-hybridized carbons (Fsp3) is 0.267. The molecule has 8 heteroatoms. The molecule has 0 spiro atoms. The fourth-order valence-electron chi connectivity index (χ4n) is 4.08. The largest absolute Gasteiger partial charge is 0.491 e. The van der Waals surface area contributed by atoms with Gasteiger partial charge in [-0.1, -0.05) is 19.9 Å². The number of ether oxygens (including phenoxy) is 2. The minimum atomic E-state index is -0.382. The molecule has 198 valence electrons. The summed E-state index contributed by atoms with van der Waals surface area (Å²) in [6.45, 7) is 5.35. The van der Waals surface area contributed by atoms with E-state index in [0.717, 1.165) is 5.56 Å². The maximum Gasteiger partial charge on any atom is 0.255 e. The van der Waals surface area contributed by atoms with Gasteiger partial charge in [-0.05, 0) is 66.1 Å². The van der Waals surface area contributed by atoms with E-state index in [-0.39, 0.29) is 17.6 Å². The zero-order chi connectivity index (χ0) is 27.2. The Balaban J connectivity index is 1.84. The average molecular weight is 519 g/mol. The van der Waals surface area contributed by atoms with Crippen LogP contribution < -0.4 is 15.4 Å². The van der Waals surface area contributed by atoms with E-state index in [1.54, 1.807) is 50.6 Å². The van der Waals surface area contributed by atoms with Gasteiger partial charge in [-0.15, -0.1) is 0 Å². The molecule has 0 saturated heterocycles. The highest BCUT2D eigenvalue weighted by Crippen LogP contribution is 2.38. The van der Waals surface area contributed by atoms with Crippen molar-refractivity contribution in [1.29, 1.82) is 0 Å². The van der Waals surface area contributed by atoms with Crippen LogP contribution >= 0.6 is 0 Å². The van der Waals surface area contributed by atoms with Crippen molar-refractivity contribution in [3.63, 3.8) is 0 Å². The van der Waals surface area contributed by atoms with Gasteiger partial charge in [-0.25, -0.2) is 4.39 Å². The predicted molar refractivity (Wildman–Crippen MR) is 145 cm³/mol. The van der Waals surface area contributed by atoms with Crippen LogP contribution in [0.2, 0.25) is 0 Å². The average Bonchev–Trinajstić information content (AvgIpc) is 3.30. The van der Waals surface area contributed by atoms with Crippen LogP contribution in [-0.2, 0) is 4.74 Å². The van der Waals surface area contributed by atoms with Gasteiger partial charge < -0.3 is 24.5 Å². The summed E-state index contributed by atoms with van der Waals surface area (Å²) in [5.41, 5.74) is 3.33. The lowest BCUT2D eigenvalue weighted by molar-refractivity contribution is 0.0945. The molecule has 3 aromatic carbocycles. The first-order chi connectivity index (χ1) is 18.3. The van der Waals surface area contributed by atoms with E-state index < -0.39 is 0 Å². The number of hydrogen-bond acceptors (Lipinski definition) is 5. The Labute approximate surface area is 220 Å². The zero-order valence-corrected chi connectivity index (χ0v) is 21.9. The number of amides is 2. The molecule has 0 fully saturated rings. The highest BCUT2D eigenvalue weighted by molar-refractivity contribution is 6.12. The van der Waals surface area contributed by atoms with Crippen LogP contribution in [0.1, 0.15) is 34.6 Å². The SMILES string of the molecule is CNC(=O)c1c(-c2ccc(F)cc2)oc2ccc(-c3cc(C(=O)NCC(C)C)ccc3OCCOC)cc12. The molecule has 2 N–H and O–H groups in total. The predicted octanol–water partition coefficient (Wildman–Crippen LogP) is 5.68. The monoisotopic (exact) mass is 518 g/mol. The normalized spacial score (nSPS) is 11.1. The minimum absolute atomic E-state index is 0.183. The molecule has 0 aliphatic heterocycles. The zero-order valence-electron chi connectivity index (χ0n) is 21.9. The standard InChI is InChI=1S/C30H31FN2O5/c1-18(2)17-33-29(34)21-8-11-25(37-14-13-36-4)23(16-21)20-7-12-26-24(15-20)27(30(35)32-3)28(38-26)19-5-9-22(31)10-6-19/h5-12,15-16,18H,13-14,17H2,1-4H3,(H,32,35)(H,33,34). The number of carbonyl (C=O) groups is 2. The summed E-state index contributed by atoms with van der Waals surface area (Å²) in [7, 11) is 3.14. The van der Waals surface area contributed by atoms with Gasteiger partial charge in [0, 0.05) is 42.8 Å². The topological polar surface area (TPSA) is 89.8 Å². The Morgan fingerprint density at radius 2 is 1.68 bits per heavy atom. The number of carbonyl (C=O) groups excluding carboxylic acids is 2. The smallest absolute Gasteiger partial charge is 0.255 e. The van der Waals surface area contributed by atoms with Crippen molar-refractivity contribution in [2.45, 2.75) is 13.8 Å². The Kier molecular flexibility index (Phi) is 8.43. The number of furan rings is 1. The first-order valence-corrected chi connectivity index (χ1v) is 12.4. The van der Waals surface area contributed by atoms with Crippen LogP contribution in [0.4, 0.5) is 4.39 Å². The van der Waals surface area contributed by atoms with Gasteiger partial charge in [-0.3, -0.25) is 9.59 Å². The molecule has 7 nitrogen and oxygen atoms in total. The summed E-state index contributed by atoms with van der Waals surface area (Å²) in [4.78, 5) is 25.8. The molecule has 4 aromatic rings. The third kappa shape index (κ3) is 5.86. The van der Waals surface area contributed by atoms with E-state index in [1.165, 1.54) is 12.1 Å². The molecule has 4 rings (SSSR count). The number of rotatable bonds is 10. The van der Waals surface area contributed by atoms with E-state index in [2.05, 4.69) is 10.6 Å². The lowest BCUT2D eigenvalue weighted by Gasteiger charge is -2.14. The molecule has 0 saturated carbocycles. The van der Waals surface area contributed by atoms with Crippen molar-refractivity contribution in [2.24, 2.45) is 5.92 Å². The number of benzene rings is 3. The first kappa shape index (κ1) is 26.9. The summed E-state index contributed by atoms with van der Waals surface area (Å²) in [6.07, 6.45) is 0. The summed E-state index contributed by atoms with van der Waals surface area (Å²) < 4.78 is 30.7. The van der Waals surface area contributed by atoms with Gasteiger partial charge in [0.25, 0.3) is 11.8 Å². The molecule has 38 heavy (non-hydrogen) atoms. The van der Waals surface area contributed by atoms with Crippen LogP contribution in [-0.4, -0.2) is 45.7 Å². The van der Waals surface area contributed by atoms with Gasteiger partial charge in [0.2, 0.25) is 0 Å². The van der Waals surface area contributed by atoms with Gasteiger partial charge in [0.05, 0.1) is 12.2 Å². The quantitative estimate of drug-likeness (QED) is 0.264. The molecule has 1 heterocycles. The van der Waals surface area contributed by atoms with Crippen molar-refractivity contribution in [2.75, 3.05) is 33.9 Å². The summed E-state index contributed by atoms with van der Waals surface area (Å²) in [5, 5.41) is 6.19. The molecule has 0 unspecified atom stereocenters. The van der Waals surface area contributed by atoms with Gasteiger partial charge in [-0.2, -0.15) is 0 Å². The molecule has 0 atom stereocenters. The Hall–Kier alpha value is -4.17. The van der Waals surface area contributed by atoms with Gasteiger partial charge >= 0.3 is 0 Å². The van der Waals surface area contributed by atoms with Gasteiger partial charge in [0.15, 0.2) is 0 Å². The second-order valence-electron chi connectivity index (χ2n) is 9.26. The van der Waals surface area contributed by atoms with Crippen LogP contribution in [0.15, 0.2) is 65.1 Å². The van der Waals surface area contributed by atoms with E-state index >= 15 is 0 Å². The maximum atomic E-state index is 13.5. The highest BCUT2D eigenvalue weighted by atomic mass is 19.1. The third-order valence-electron chi connectivity index (χ3n) is 6.02. The van der Waals surface area contributed by atoms with E-state index in [4.69, 9.17) is 13.9 Å². The molecule has 0 radical (unpaired) electrons. The summed E-state index contributed by atoms with van der Waals surface area (Å²) in [6, 6.07) is 16.5. The third-order valence-corrected chi connectivity index (χ3v) is 6.02. The number of methoxy groups -OCH3 is 1. The van der Waals surface area contributed by atoms with Gasteiger partial charge in [0.1, 0.15) is 29.5 Å². The maximum absolute atomic E-state index is 13.5. The second kappa shape index (κ2) is 11.9. The van der Waals surface area contributed by atoms with Crippen LogP contribution in [0.25, 0.3) is 33.4 Å². The lowest BCUT2D eigenvalue weighted by Crippen LogP contribution is -2.27. The van der Waals surface area contributed by atoms with Crippen LogP contribution in [0.5, 0.6) is 5.75 Å². The Morgan fingerprint density at radius 1 is 0.947 bits per heavy atom. The first-order valence-electron chi connectivity index (χ1n) is 12.4. The Bertz CT molecular complexity index is 1440. The number of hydrogen-bond donors (Lipinski definition) is 2. The minimum Gasteiger partial charge on any atom is -0.491 e. The fourth-order valence-corrected chi connectivity index (χ4v) is 4.08. The van der Waals surface area contributed by atoms with Crippen molar-refractivity contribution in [1.82, 2.24) is 10.6 Å². The molecular weight excluding hydrogens is 487 g/mol. The summed E-state index contributed by atoms with van der Waals surface area (Å²) >= 11 is 0. The second-order valence-corrected chi connectivity index (χ2v) is 9.26. The summed E-state index contributed by atoms with van der Waals surface area (Å²) in [5.74, 6) is 0.334.